The van der Waals surface area contributed by atoms with E-state index in [9.17, 15) is 23.3 Å². The van der Waals surface area contributed by atoms with Crippen molar-refractivity contribution in [1.82, 2.24) is 0 Å². The van der Waals surface area contributed by atoms with E-state index in [1.165, 1.54) is 6.92 Å². The normalized spacial score (nSPS) is 11.6. The lowest BCUT2D eigenvalue weighted by atomic mass is 10.1. The van der Waals surface area contributed by atoms with E-state index in [2.05, 4.69) is 0 Å². The maximum atomic E-state index is 12.5. The number of rotatable bonds is 1. The lowest BCUT2D eigenvalue weighted by Crippen LogP contribution is -2.08. The van der Waals surface area contributed by atoms with Gasteiger partial charge in [0.2, 0.25) is 0 Å². The molecule has 0 aromatic heterocycles. The average molecular weight is 274 g/mol. The number of halogens is 5. The third-order valence-corrected chi connectivity index (χ3v) is 2.87. The molecule has 0 spiro atoms. The zero-order chi connectivity index (χ0) is 12.7. The molecule has 0 radical (unpaired) electrons. The molecule has 0 fully saturated rings. The molecule has 1 aromatic rings. The van der Waals surface area contributed by atoms with Crippen molar-refractivity contribution in [1.29, 1.82) is 0 Å². The third kappa shape index (κ3) is 2.22. The summed E-state index contributed by atoms with van der Waals surface area (Å²) in [7, 11) is 0. The van der Waals surface area contributed by atoms with E-state index in [0.29, 0.717) is 6.07 Å². The van der Waals surface area contributed by atoms with Gasteiger partial charge in [-0.1, -0.05) is 23.2 Å². The lowest BCUT2D eigenvalue weighted by Gasteiger charge is -2.11. The van der Waals surface area contributed by atoms with Crippen LogP contribution in [0.15, 0.2) is 6.07 Å². The van der Waals surface area contributed by atoms with Gasteiger partial charge in [-0.05, 0) is 12.5 Å². The SMILES string of the molecule is Cc1c(Cl)c([N+](=O)[O-])cc(C(F)(F)F)c1Cl. The fraction of sp³-hybridized carbons (Fsp3) is 0.250. The van der Waals surface area contributed by atoms with Gasteiger partial charge < -0.3 is 0 Å². The van der Waals surface area contributed by atoms with Gasteiger partial charge >= 0.3 is 6.18 Å². The van der Waals surface area contributed by atoms with Crippen LogP contribution in [0.4, 0.5) is 18.9 Å². The van der Waals surface area contributed by atoms with Crippen LogP contribution in [0.2, 0.25) is 10.0 Å². The van der Waals surface area contributed by atoms with Crippen LogP contribution in [0.5, 0.6) is 0 Å². The number of benzene rings is 1. The van der Waals surface area contributed by atoms with E-state index >= 15 is 0 Å². The van der Waals surface area contributed by atoms with E-state index in [4.69, 9.17) is 23.2 Å². The number of nitro groups is 1. The first-order chi connectivity index (χ1) is 7.16. The van der Waals surface area contributed by atoms with Crippen molar-refractivity contribution in [3.05, 3.63) is 37.4 Å². The summed E-state index contributed by atoms with van der Waals surface area (Å²) in [5.41, 5.74) is -2.23. The van der Waals surface area contributed by atoms with Crippen LogP contribution in [0.25, 0.3) is 0 Å². The largest absolute Gasteiger partial charge is 0.418 e. The first-order valence-electron chi connectivity index (χ1n) is 3.86. The van der Waals surface area contributed by atoms with Gasteiger partial charge in [-0.25, -0.2) is 0 Å². The van der Waals surface area contributed by atoms with E-state index in [1.807, 2.05) is 0 Å². The molecule has 0 saturated heterocycles. The Kier molecular flexibility index (Phi) is 3.35. The maximum Gasteiger partial charge on any atom is 0.418 e. The fourth-order valence-corrected chi connectivity index (χ4v) is 1.62. The first kappa shape index (κ1) is 13.1. The van der Waals surface area contributed by atoms with Crippen LogP contribution in [-0.2, 0) is 6.18 Å². The van der Waals surface area contributed by atoms with Crippen LogP contribution in [0.1, 0.15) is 11.1 Å². The monoisotopic (exact) mass is 273 g/mol. The van der Waals surface area contributed by atoms with Crippen LogP contribution in [0, 0.1) is 17.0 Å². The fourth-order valence-electron chi connectivity index (χ4n) is 1.09. The Morgan fingerprint density at radius 3 is 2.19 bits per heavy atom. The highest BCUT2D eigenvalue weighted by Gasteiger charge is 2.37. The topological polar surface area (TPSA) is 43.1 Å². The van der Waals surface area contributed by atoms with Gasteiger partial charge in [0.15, 0.2) is 0 Å². The predicted molar refractivity (Wildman–Crippen MR) is 52.9 cm³/mol. The Balaban J connectivity index is 3.61. The Labute approximate surface area is 97.9 Å². The molecule has 0 aliphatic carbocycles. The van der Waals surface area contributed by atoms with Crippen LogP contribution < -0.4 is 0 Å². The molecule has 0 saturated carbocycles. The van der Waals surface area contributed by atoms with Crippen molar-refractivity contribution in [2.24, 2.45) is 0 Å². The van der Waals surface area contributed by atoms with Gasteiger partial charge in [-0.15, -0.1) is 0 Å². The van der Waals surface area contributed by atoms with Crippen LogP contribution >= 0.6 is 23.2 Å². The van der Waals surface area contributed by atoms with E-state index in [-0.39, 0.29) is 10.6 Å². The summed E-state index contributed by atoms with van der Waals surface area (Å²) in [6.45, 7) is 1.19. The van der Waals surface area contributed by atoms with Gasteiger partial charge in [0.25, 0.3) is 5.69 Å². The summed E-state index contributed by atoms with van der Waals surface area (Å²) in [6, 6.07) is 0.331. The molecule has 0 heterocycles. The van der Waals surface area contributed by atoms with Crippen LogP contribution in [0.3, 0.4) is 0 Å². The summed E-state index contributed by atoms with van der Waals surface area (Å²) in [4.78, 5) is 9.49. The molecular weight excluding hydrogens is 270 g/mol. The van der Waals surface area contributed by atoms with Crippen molar-refractivity contribution < 1.29 is 18.1 Å². The number of hydrogen-bond donors (Lipinski definition) is 0. The quantitative estimate of drug-likeness (QED) is 0.568. The number of nitrogens with zero attached hydrogens (tertiary/aromatic N) is 1. The molecule has 0 amide bonds. The Morgan fingerprint density at radius 1 is 1.31 bits per heavy atom. The standard InChI is InChI=1S/C8H4Cl2F3NO2/c1-3-6(9)4(8(11,12)13)2-5(7(3)10)14(15)16/h2H,1H3. The van der Waals surface area contributed by atoms with Crippen molar-refractivity contribution in [3.8, 4) is 0 Å². The summed E-state index contributed by atoms with van der Waals surface area (Å²) in [6.07, 6.45) is -4.75. The van der Waals surface area contributed by atoms with Crippen molar-refractivity contribution in [2.45, 2.75) is 13.1 Å². The summed E-state index contributed by atoms with van der Waals surface area (Å²) in [5.74, 6) is 0. The predicted octanol–water partition coefficient (Wildman–Crippen LogP) is 4.23. The summed E-state index contributed by atoms with van der Waals surface area (Å²) < 4.78 is 37.4. The third-order valence-electron chi connectivity index (χ3n) is 1.90. The lowest BCUT2D eigenvalue weighted by molar-refractivity contribution is -0.385. The molecule has 0 unspecified atom stereocenters. The van der Waals surface area contributed by atoms with Gasteiger partial charge in [-0.3, -0.25) is 10.1 Å². The minimum Gasteiger partial charge on any atom is -0.258 e. The molecule has 0 aliphatic rings. The highest BCUT2D eigenvalue weighted by atomic mass is 35.5. The van der Waals surface area contributed by atoms with Crippen molar-refractivity contribution in [2.75, 3.05) is 0 Å². The molecule has 0 aliphatic heterocycles. The van der Waals surface area contributed by atoms with Crippen molar-refractivity contribution in [3.63, 3.8) is 0 Å². The molecule has 8 heteroatoms. The molecular formula is C8H4Cl2F3NO2. The minimum absolute atomic E-state index is 0.162. The van der Waals surface area contributed by atoms with E-state index < -0.39 is 27.4 Å². The average Bonchev–Trinajstić information content (AvgIpc) is 2.11. The maximum absolute atomic E-state index is 12.5. The summed E-state index contributed by atoms with van der Waals surface area (Å²) in [5, 5.41) is 9.47. The minimum atomic E-state index is -4.75. The number of nitro benzene ring substituents is 1. The molecule has 3 nitrogen and oxygen atoms in total. The van der Waals surface area contributed by atoms with Gasteiger partial charge in [0, 0.05) is 6.07 Å². The molecule has 1 rings (SSSR count). The van der Waals surface area contributed by atoms with Crippen LogP contribution in [-0.4, -0.2) is 4.92 Å². The molecule has 88 valence electrons. The molecule has 0 N–H and O–H groups in total. The molecule has 0 bridgehead atoms. The van der Waals surface area contributed by atoms with Gasteiger partial charge in [-0.2, -0.15) is 13.2 Å². The second-order valence-electron chi connectivity index (χ2n) is 2.95. The highest BCUT2D eigenvalue weighted by molar-refractivity contribution is 6.37. The number of hydrogen-bond acceptors (Lipinski definition) is 2. The second kappa shape index (κ2) is 4.10. The van der Waals surface area contributed by atoms with E-state index in [0.717, 1.165) is 0 Å². The molecule has 16 heavy (non-hydrogen) atoms. The number of alkyl halides is 3. The zero-order valence-corrected chi connectivity index (χ0v) is 9.24. The second-order valence-corrected chi connectivity index (χ2v) is 3.71. The molecule has 0 atom stereocenters. The first-order valence-corrected chi connectivity index (χ1v) is 4.62. The Morgan fingerprint density at radius 2 is 1.81 bits per heavy atom. The Bertz CT molecular complexity index is 460. The summed E-state index contributed by atoms with van der Waals surface area (Å²) >= 11 is 11.0. The van der Waals surface area contributed by atoms with Gasteiger partial charge in [0.05, 0.1) is 15.5 Å². The zero-order valence-electron chi connectivity index (χ0n) is 7.73. The highest BCUT2D eigenvalue weighted by Crippen LogP contribution is 2.42. The Hall–Kier alpha value is -1.01. The smallest absolute Gasteiger partial charge is 0.258 e. The molecule has 1 aromatic carbocycles. The van der Waals surface area contributed by atoms with E-state index in [1.54, 1.807) is 0 Å². The van der Waals surface area contributed by atoms with Gasteiger partial charge in [0.1, 0.15) is 5.02 Å². The van der Waals surface area contributed by atoms with Crippen molar-refractivity contribution >= 4 is 28.9 Å².